The van der Waals surface area contributed by atoms with E-state index in [1.54, 1.807) is 17.7 Å². The summed E-state index contributed by atoms with van der Waals surface area (Å²) in [6, 6.07) is 9.42. The minimum Gasteiger partial charge on any atom is -0.386 e. The van der Waals surface area contributed by atoms with Crippen molar-refractivity contribution in [1.29, 1.82) is 5.26 Å². The molecule has 1 heterocycles. The second kappa shape index (κ2) is 9.47. The number of nitrogens with zero attached hydrogens (tertiary/aromatic N) is 4. The molecular weight excluding hydrogens is 546 g/mol. The lowest BCUT2D eigenvalue weighted by Gasteiger charge is -2.33. The molecule has 1 aromatic heterocycles. The first-order chi connectivity index (χ1) is 15.6. The Morgan fingerprint density at radius 1 is 1.18 bits per heavy atom. The van der Waals surface area contributed by atoms with Gasteiger partial charge in [-0.15, -0.1) is 11.6 Å². The highest BCUT2D eigenvalue weighted by Gasteiger charge is 2.58. The lowest BCUT2D eigenvalue weighted by molar-refractivity contribution is 0.00526. The van der Waals surface area contributed by atoms with Crippen molar-refractivity contribution in [3.8, 4) is 6.07 Å². The summed E-state index contributed by atoms with van der Waals surface area (Å²) in [5.74, 6) is 0. The number of nitriles is 1. The molecule has 0 radical (unpaired) electrons. The molecule has 11 heteroatoms. The van der Waals surface area contributed by atoms with Crippen molar-refractivity contribution in [2.24, 2.45) is 0 Å². The number of halogens is 5. The smallest absolute Gasteiger partial charge is 0.191 e. The molecule has 33 heavy (non-hydrogen) atoms. The molecule has 1 aliphatic rings. The van der Waals surface area contributed by atoms with Gasteiger partial charge in [0.1, 0.15) is 18.0 Å². The van der Waals surface area contributed by atoms with Crippen LogP contribution in [0.1, 0.15) is 29.5 Å². The lowest BCUT2D eigenvalue weighted by atomic mass is 9.89. The zero-order valence-corrected chi connectivity index (χ0v) is 21.8. The quantitative estimate of drug-likeness (QED) is 0.249. The van der Waals surface area contributed by atoms with E-state index in [-0.39, 0.29) is 33.6 Å². The van der Waals surface area contributed by atoms with Gasteiger partial charge in [-0.2, -0.15) is 10.4 Å². The molecule has 1 unspecified atom stereocenters. The molecule has 1 atom stereocenters. The second-order valence-electron chi connectivity index (χ2n) is 7.95. The van der Waals surface area contributed by atoms with Crippen LogP contribution in [0.2, 0.25) is 20.1 Å². The van der Waals surface area contributed by atoms with Crippen molar-refractivity contribution in [2.45, 2.75) is 53.3 Å². The molecule has 1 fully saturated rings. The van der Waals surface area contributed by atoms with Gasteiger partial charge in [-0.3, -0.25) is 0 Å². The van der Waals surface area contributed by atoms with Crippen LogP contribution in [0.15, 0.2) is 40.6 Å². The molecule has 172 valence electrons. The molecule has 1 aliphatic carbocycles. The summed E-state index contributed by atoms with van der Waals surface area (Å²) in [4.78, 5) is 3.87. The minimum absolute atomic E-state index is 0.0664. The van der Waals surface area contributed by atoms with E-state index in [0.717, 1.165) is 17.3 Å². The Labute approximate surface area is 220 Å². The van der Waals surface area contributed by atoms with E-state index in [0.29, 0.717) is 33.5 Å². The highest BCUT2D eigenvalue weighted by atomic mass is 35.5. The SMILES string of the molecule is Cc1c(Cl)c(Cl)c(Sc2ncnn2CC(O)(Cc2ccccc2Cl)C2(Cl)CC2)c(C#N)c1Cl. The molecule has 4 rings (SSSR count). The zero-order valence-electron chi connectivity index (χ0n) is 17.2. The van der Waals surface area contributed by atoms with Crippen LogP contribution in [0.25, 0.3) is 0 Å². The summed E-state index contributed by atoms with van der Waals surface area (Å²) in [5.41, 5.74) is 0.172. The maximum Gasteiger partial charge on any atom is 0.191 e. The number of rotatable bonds is 7. The number of alkyl halides is 1. The summed E-state index contributed by atoms with van der Waals surface area (Å²) in [6.45, 7) is 1.76. The summed E-state index contributed by atoms with van der Waals surface area (Å²) in [5, 5.41) is 27.3. The molecule has 0 bridgehead atoms. The van der Waals surface area contributed by atoms with Gasteiger partial charge >= 0.3 is 0 Å². The first-order valence-corrected chi connectivity index (χ1v) is 12.6. The molecule has 0 spiro atoms. The van der Waals surface area contributed by atoms with Gasteiger partial charge in [-0.05, 0) is 48.7 Å². The zero-order chi connectivity index (χ0) is 24.0. The standard InChI is InChI=1S/C22H17Cl5N4OS/c1-12-16(24)14(9-28)19(18(26)17(12)25)33-20-29-11-30-31(20)10-22(32,21(27)6-7-21)8-13-4-2-3-5-15(13)23/h2-5,11,32H,6-8,10H2,1H3. The van der Waals surface area contributed by atoms with Crippen LogP contribution in [0.4, 0.5) is 0 Å². The van der Waals surface area contributed by atoms with E-state index in [1.165, 1.54) is 6.33 Å². The van der Waals surface area contributed by atoms with Crippen LogP contribution in [0.5, 0.6) is 0 Å². The number of benzene rings is 2. The van der Waals surface area contributed by atoms with Crippen LogP contribution in [-0.4, -0.2) is 30.3 Å². The van der Waals surface area contributed by atoms with Gasteiger partial charge < -0.3 is 5.11 Å². The molecule has 5 nitrogen and oxygen atoms in total. The van der Waals surface area contributed by atoms with Crippen molar-refractivity contribution in [1.82, 2.24) is 14.8 Å². The van der Waals surface area contributed by atoms with Gasteiger partial charge in [0.05, 0.1) is 36.9 Å². The summed E-state index contributed by atoms with van der Waals surface area (Å²) < 4.78 is 1.54. The largest absolute Gasteiger partial charge is 0.386 e. The normalized spacial score (nSPS) is 16.3. The van der Waals surface area contributed by atoms with Crippen LogP contribution >= 0.6 is 69.8 Å². The number of hydrogen-bond donors (Lipinski definition) is 1. The summed E-state index contributed by atoms with van der Waals surface area (Å²) in [6.07, 6.45) is 2.94. The van der Waals surface area contributed by atoms with Gasteiger partial charge in [0.2, 0.25) is 0 Å². The lowest BCUT2D eigenvalue weighted by Crippen LogP contribution is -2.47. The molecule has 0 saturated heterocycles. The predicted molar refractivity (Wildman–Crippen MR) is 133 cm³/mol. The monoisotopic (exact) mass is 560 g/mol. The van der Waals surface area contributed by atoms with E-state index < -0.39 is 10.5 Å². The predicted octanol–water partition coefficient (Wildman–Crippen LogP) is 6.97. The Balaban J connectivity index is 1.69. The third kappa shape index (κ3) is 4.70. The van der Waals surface area contributed by atoms with Crippen LogP contribution < -0.4 is 0 Å². The highest BCUT2D eigenvalue weighted by Crippen LogP contribution is 2.53. The third-order valence-electron chi connectivity index (χ3n) is 5.76. The maximum atomic E-state index is 11.7. The van der Waals surface area contributed by atoms with E-state index >= 15 is 0 Å². The number of aromatic nitrogens is 3. The first kappa shape index (κ1) is 24.9. The summed E-state index contributed by atoms with van der Waals surface area (Å²) in [7, 11) is 0. The third-order valence-corrected chi connectivity index (χ3v) is 9.50. The second-order valence-corrected chi connectivity index (χ2v) is 11.2. The van der Waals surface area contributed by atoms with Crippen LogP contribution in [-0.2, 0) is 13.0 Å². The molecule has 0 aliphatic heterocycles. The van der Waals surface area contributed by atoms with Gasteiger partial charge in [0, 0.05) is 11.4 Å². The van der Waals surface area contributed by atoms with Crippen LogP contribution in [0, 0.1) is 18.3 Å². The number of aliphatic hydroxyl groups is 1. The van der Waals surface area contributed by atoms with Gasteiger partial charge in [-0.1, -0.05) is 64.6 Å². The molecule has 3 aromatic rings. The fourth-order valence-electron chi connectivity index (χ4n) is 3.62. The van der Waals surface area contributed by atoms with Gasteiger partial charge in [0.25, 0.3) is 0 Å². The first-order valence-electron chi connectivity index (χ1n) is 9.88. The van der Waals surface area contributed by atoms with E-state index in [4.69, 9.17) is 58.0 Å². The molecule has 2 aromatic carbocycles. The summed E-state index contributed by atoms with van der Waals surface area (Å²) >= 11 is 33.3. The van der Waals surface area contributed by atoms with Crippen molar-refractivity contribution >= 4 is 69.8 Å². The van der Waals surface area contributed by atoms with Gasteiger partial charge in [0.15, 0.2) is 5.16 Å². The Morgan fingerprint density at radius 2 is 1.88 bits per heavy atom. The van der Waals surface area contributed by atoms with E-state index in [1.807, 2.05) is 18.2 Å². The number of hydrogen-bond acceptors (Lipinski definition) is 5. The van der Waals surface area contributed by atoms with Crippen molar-refractivity contribution < 1.29 is 5.11 Å². The molecule has 1 N–H and O–H groups in total. The minimum atomic E-state index is -1.34. The average molecular weight is 563 g/mol. The highest BCUT2D eigenvalue weighted by molar-refractivity contribution is 7.99. The molecule has 1 saturated carbocycles. The van der Waals surface area contributed by atoms with E-state index in [2.05, 4.69) is 16.2 Å². The fraction of sp³-hybridized carbons (Fsp3) is 0.318. The molecule has 0 amide bonds. The average Bonchev–Trinajstić information content (AvgIpc) is 3.41. The molecular formula is C22H17Cl5N4OS. The Morgan fingerprint density at radius 3 is 2.52 bits per heavy atom. The Bertz CT molecular complexity index is 1270. The van der Waals surface area contributed by atoms with Gasteiger partial charge in [-0.25, -0.2) is 9.67 Å². The Hall–Kier alpha value is -1.17. The van der Waals surface area contributed by atoms with Crippen molar-refractivity contribution in [2.75, 3.05) is 0 Å². The van der Waals surface area contributed by atoms with Crippen molar-refractivity contribution in [3.63, 3.8) is 0 Å². The topological polar surface area (TPSA) is 74.7 Å². The fourth-order valence-corrected chi connectivity index (χ4v) is 5.92. The maximum absolute atomic E-state index is 11.7. The van der Waals surface area contributed by atoms with E-state index in [9.17, 15) is 10.4 Å². The van der Waals surface area contributed by atoms with Crippen molar-refractivity contribution in [3.05, 3.63) is 67.4 Å². The Kier molecular flexibility index (Phi) is 7.15. The van der Waals surface area contributed by atoms with Crippen LogP contribution in [0.3, 0.4) is 0 Å².